The van der Waals surface area contributed by atoms with Crippen molar-refractivity contribution < 1.29 is 9.90 Å². The zero-order valence-electron chi connectivity index (χ0n) is 16.1. The number of aromatic nitrogens is 3. The van der Waals surface area contributed by atoms with Gasteiger partial charge in [0.2, 0.25) is 5.91 Å². The Morgan fingerprint density at radius 1 is 1.14 bits per heavy atom. The maximum absolute atomic E-state index is 12.0. The van der Waals surface area contributed by atoms with Gasteiger partial charge in [-0.1, -0.05) is 13.3 Å². The van der Waals surface area contributed by atoms with Gasteiger partial charge in [0.1, 0.15) is 0 Å². The SMILES string of the molecule is CCC(O)c1cc(C)c(-c2cc3cnc(C4(C(N)=O)CCC4)cc3cn2)cn1. The maximum Gasteiger partial charge on any atom is 0.229 e. The first kappa shape index (κ1) is 18.5. The molecule has 3 heterocycles. The van der Waals surface area contributed by atoms with E-state index in [1.54, 1.807) is 18.6 Å². The molecular weight excluding hydrogens is 352 g/mol. The van der Waals surface area contributed by atoms with E-state index in [9.17, 15) is 9.90 Å². The highest BCUT2D eigenvalue weighted by Crippen LogP contribution is 2.43. The van der Waals surface area contributed by atoms with Crippen LogP contribution >= 0.6 is 0 Å². The van der Waals surface area contributed by atoms with E-state index in [4.69, 9.17) is 5.73 Å². The molecule has 0 bridgehead atoms. The molecule has 0 radical (unpaired) electrons. The van der Waals surface area contributed by atoms with Crippen LogP contribution in [0.25, 0.3) is 22.0 Å². The minimum atomic E-state index is -0.622. The van der Waals surface area contributed by atoms with Gasteiger partial charge in [-0.3, -0.25) is 19.7 Å². The molecule has 144 valence electrons. The van der Waals surface area contributed by atoms with Crippen LogP contribution in [0.3, 0.4) is 0 Å². The minimum absolute atomic E-state index is 0.300. The summed E-state index contributed by atoms with van der Waals surface area (Å²) in [5, 5.41) is 11.9. The van der Waals surface area contributed by atoms with Gasteiger partial charge in [-0.05, 0) is 49.9 Å². The first-order valence-corrected chi connectivity index (χ1v) is 9.66. The van der Waals surface area contributed by atoms with Crippen molar-refractivity contribution in [3.05, 3.63) is 53.7 Å². The van der Waals surface area contributed by atoms with Crippen LogP contribution in [0.5, 0.6) is 0 Å². The third-order valence-corrected chi connectivity index (χ3v) is 5.91. The molecule has 1 unspecified atom stereocenters. The quantitative estimate of drug-likeness (QED) is 0.711. The van der Waals surface area contributed by atoms with Crippen LogP contribution in [-0.4, -0.2) is 26.0 Å². The lowest BCUT2D eigenvalue weighted by atomic mass is 9.66. The van der Waals surface area contributed by atoms with E-state index < -0.39 is 11.5 Å². The number of fused-ring (bicyclic) bond motifs is 1. The second-order valence-corrected chi connectivity index (χ2v) is 7.63. The third-order valence-electron chi connectivity index (χ3n) is 5.91. The summed E-state index contributed by atoms with van der Waals surface area (Å²) >= 11 is 0. The molecule has 0 aliphatic heterocycles. The summed E-state index contributed by atoms with van der Waals surface area (Å²) in [7, 11) is 0. The molecule has 28 heavy (non-hydrogen) atoms. The molecule has 4 rings (SSSR count). The molecule has 1 aliphatic carbocycles. The Kier molecular flexibility index (Phi) is 4.59. The van der Waals surface area contributed by atoms with Crippen molar-refractivity contribution in [1.29, 1.82) is 0 Å². The first-order valence-electron chi connectivity index (χ1n) is 9.66. The summed E-state index contributed by atoms with van der Waals surface area (Å²) in [5.41, 5.74) is 9.18. The van der Waals surface area contributed by atoms with Gasteiger partial charge in [0.15, 0.2) is 0 Å². The summed E-state index contributed by atoms with van der Waals surface area (Å²) in [6, 6.07) is 5.82. The molecular formula is C22H24N4O2. The molecule has 0 spiro atoms. The lowest BCUT2D eigenvalue weighted by Crippen LogP contribution is -2.47. The Hall–Kier alpha value is -2.86. The normalized spacial score (nSPS) is 16.5. The monoisotopic (exact) mass is 376 g/mol. The van der Waals surface area contributed by atoms with E-state index in [1.807, 2.05) is 32.0 Å². The molecule has 3 aromatic heterocycles. The fourth-order valence-electron chi connectivity index (χ4n) is 3.84. The van der Waals surface area contributed by atoms with Gasteiger partial charge in [-0.25, -0.2) is 0 Å². The Morgan fingerprint density at radius 3 is 2.46 bits per heavy atom. The summed E-state index contributed by atoms with van der Waals surface area (Å²) < 4.78 is 0. The first-order chi connectivity index (χ1) is 13.4. The molecule has 1 aliphatic rings. The van der Waals surface area contributed by atoms with Crippen molar-refractivity contribution >= 4 is 16.7 Å². The van der Waals surface area contributed by atoms with Gasteiger partial charge in [0.05, 0.1) is 28.6 Å². The highest BCUT2D eigenvalue weighted by Gasteiger charge is 2.45. The molecule has 3 N–H and O–H groups in total. The Balaban J connectivity index is 1.71. The van der Waals surface area contributed by atoms with Gasteiger partial charge in [-0.15, -0.1) is 0 Å². The van der Waals surface area contributed by atoms with E-state index in [2.05, 4.69) is 15.0 Å². The van der Waals surface area contributed by atoms with Crippen LogP contribution in [0.4, 0.5) is 0 Å². The zero-order chi connectivity index (χ0) is 19.9. The van der Waals surface area contributed by atoms with E-state index in [1.165, 1.54) is 0 Å². The molecule has 0 aromatic carbocycles. The van der Waals surface area contributed by atoms with Crippen LogP contribution in [0.1, 0.15) is 55.7 Å². The number of amides is 1. The fraction of sp³-hybridized carbons (Fsp3) is 0.364. The van der Waals surface area contributed by atoms with E-state index in [0.717, 1.165) is 52.5 Å². The van der Waals surface area contributed by atoms with E-state index in [0.29, 0.717) is 12.1 Å². The molecule has 0 saturated heterocycles. The van der Waals surface area contributed by atoms with Gasteiger partial charge in [0.25, 0.3) is 0 Å². The van der Waals surface area contributed by atoms with Crippen LogP contribution in [-0.2, 0) is 10.2 Å². The average Bonchev–Trinajstić information content (AvgIpc) is 2.65. The lowest BCUT2D eigenvalue weighted by molar-refractivity contribution is -0.126. The van der Waals surface area contributed by atoms with E-state index in [-0.39, 0.29) is 5.91 Å². The van der Waals surface area contributed by atoms with Crippen molar-refractivity contribution in [2.75, 3.05) is 0 Å². The number of nitrogens with two attached hydrogens (primary N) is 1. The second kappa shape index (κ2) is 6.95. The van der Waals surface area contributed by atoms with Crippen LogP contribution in [0.15, 0.2) is 36.8 Å². The predicted octanol–water partition coefficient (Wildman–Crippen LogP) is 3.35. The number of carbonyl (C=O) groups is 1. The van der Waals surface area contributed by atoms with Gasteiger partial charge >= 0.3 is 0 Å². The summed E-state index contributed by atoms with van der Waals surface area (Å²) in [6.07, 6.45) is 7.93. The number of aryl methyl sites for hydroxylation is 1. The number of hydrogen-bond donors (Lipinski definition) is 2. The van der Waals surface area contributed by atoms with Gasteiger partial charge < -0.3 is 10.8 Å². The van der Waals surface area contributed by atoms with Crippen molar-refractivity contribution in [2.24, 2.45) is 5.73 Å². The Labute approximate surface area is 163 Å². The number of primary amides is 1. The summed E-state index contributed by atoms with van der Waals surface area (Å²) in [6.45, 7) is 3.91. The summed E-state index contributed by atoms with van der Waals surface area (Å²) in [5.74, 6) is -0.300. The number of nitrogens with zero attached hydrogens (tertiary/aromatic N) is 3. The number of carbonyl (C=O) groups excluding carboxylic acids is 1. The number of pyridine rings is 3. The number of aliphatic hydroxyl groups is 1. The molecule has 6 nitrogen and oxygen atoms in total. The van der Waals surface area contributed by atoms with Crippen molar-refractivity contribution in [3.63, 3.8) is 0 Å². The van der Waals surface area contributed by atoms with Crippen LogP contribution < -0.4 is 5.73 Å². The van der Waals surface area contributed by atoms with Crippen molar-refractivity contribution in [2.45, 2.75) is 51.0 Å². The molecule has 1 saturated carbocycles. The Morgan fingerprint density at radius 2 is 1.86 bits per heavy atom. The van der Waals surface area contributed by atoms with Crippen LogP contribution in [0.2, 0.25) is 0 Å². The average molecular weight is 376 g/mol. The predicted molar refractivity (Wildman–Crippen MR) is 107 cm³/mol. The molecule has 3 aromatic rings. The smallest absolute Gasteiger partial charge is 0.229 e. The highest BCUT2D eigenvalue weighted by atomic mass is 16.3. The second-order valence-electron chi connectivity index (χ2n) is 7.63. The van der Waals surface area contributed by atoms with Gasteiger partial charge in [0, 0.05) is 34.9 Å². The minimum Gasteiger partial charge on any atom is -0.387 e. The molecule has 1 fully saturated rings. The maximum atomic E-state index is 12.0. The Bertz CT molecular complexity index is 1060. The molecule has 6 heteroatoms. The fourth-order valence-corrected chi connectivity index (χ4v) is 3.84. The molecule has 1 atom stereocenters. The number of rotatable bonds is 5. The third kappa shape index (κ3) is 2.94. The lowest BCUT2D eigenvalue weighted by Gasteiger charge is -2.38. The largest absolute Gasteiger partial charge is 0.387 e. The zero-order valence-corrected chi connectivity index (χ0v) is 16.1. The van der Waals surface area contributed by atoms with E-state index >= 15 is 0 Å². The van der Waals surface area contributed by atoms with Crippen LogP contribution in [0, 0.1) is 6.92 Å². The summed E-state index contributed by atoms with van der Waals surface area (Å²) in [4.78, 5) is 25.5. The standard InChI is InChI=1S/C22H24N4O2/c1-3-19(27)18-7-13(2)16(12-25-18)17-8-14-11-26-20(9-15(14)10-24-17)22(21(23)28)5-4-6-22/h7-12,19,27H,3-6H2,1-2H3,(H2,23,28). The number of aliphatic hydroxyl groups excluding tert-OH is 1. The van der Waals surface area contributed by atoms with Gasteiger partial charge in [-0.2, -0.15) is 0 Å². The van der Waals surface area contributed by atoms with Crippen molar-refractivity contribution in [1.82, 2.24) is 15.0 Å². The topological polar surface area (TPSA) is 102 Å². The molecule has 1 amide bonds. The highest BCUT2D eigenvalue weighted by molar-refractivity contribution is 5.90. The van der Waals surface area contributed by atoms with Crippen molar-refractivity contribution in [3.8, 4) is 11.3 Å². The number of hydrogen-bond acceptors (Lipinski definition) is 5.